The quantitative estimate of drug-likeness (QED) is 0.797. The highest BCUT2D eigenvalue weighted by Gasteiger charge is 2.15. The van der Waals surface area contributed by atoms with Crippen LogP contribution in [0.3, 0.4) is 0 Å². The maximum absolute atomic E-state index is 6.03. The van der Waals surface area contributed by atoms with Crippen LogP contribution in [0, 0.1) is 0 Å². The Balaban J connectivity index is 1.85. The molecular formula is C18H21ClN2. The molecule has 0 bridgehead atoms. The molecule has 110 valence electrons. The van der Waals surface area contributed by atoms with Crippen LogP contribution in [0.5, 0.6) is 0 Å². The highest BCUT2D eigenvalue weighted by molar-refractivity contribution is 6.17. The van der Waals surface area contributed by atoms with Gasteiger partial charge >= 0.3 is 0 Å². The van der Waals surface area contributed by atoms with Gasteiger partial charge in [-0.3, -0.25) is 0 Å². The number of aromatic nitrogens is 1. The maximum Gasteiger partial charge on any atom is 0.129 e. The first-order valence-corrected chi connectivity index (χ1v) is 8.21. The molecule has 3 heteroatoms. The van der Waals surface area contributed by atoms with Crippen molar-refractivity contribution in [2.24, 2.45) is 0 Å². The van der Waals surface area contributed by atoms with Gasteiger partial charge < -0.3 is 4.90 Å². The van der Waals surface area contributed by atoms with Crippen molar-refractivity contribution in [1.82, 2.24) is 4.98 Å². The number of hydrogen-bond acceptors (Lipinski definition) is 2. The zero-order chi connectivity index (χ0) is 14.7. The topological polar surface area (TPSA) is 16.1 Å². The molecule has 0 N–H and O–H groups in total. The lowest BCUT2D eigenvalue weighted by Gasteiger charge is -2.22. The van der Waals surface area contributed by atoms with Gasteiger partial charge in [0, 0.05) is 24.7 Å². The average Bonchev–Trinajstić information content (AvgIpc) is 2.77. The number of halogens is 1. The number of aryl methyl sites for hydroxylation is 1. The monoisotopic (exact) mass is 300 g/mol. The van der Waals surface area contributed by atoms with E-state index in [1.54, 1.807) is 0 Å². The fourth-order valence-corrected chi connectivity index (χ4v) is 3.10. The van der Waals surface area contributed by atoms with Crippen LogP contribution in [0.15, 0.2) is 36.4 Å². The summed E-state index contributed by atoms with van der Waals surface area (Å²) in [6.45, 7) is 4.19. The molecule has 2 aromatic rings. The van der Waals surface area contributed by atoms with Gasteiger partial charge in [-0.25, -0.2) is 4.98 Å². The summed E-state index contributed by atoms with van der Waals surface area (Å²) in [5, 5.41) is 0. The second-order valence-electron chi connectivity index (χ2n) is 5.57. The van der Waals surface area contributed by atoms with Gasteiger partial charge in [-0.05, 0) is 48.1 Å². The van der Waals surface area contributed by atoms with Gasteiger partial charge in [-0.1, -0.05) is 31.2 Å². The summed E-state index contributed by atoms with van der Waals surface area (Å²) in [6.07, 6.45) is 3.13. The normalized spacial score (nSPS) is 14.7. The van der Waals surface area contributed by atoms with Crippen molar-refractivity contribution in [2.45, 2.75) is 32.1 Å². The van der Waals surface area contributed by atoms with E-state index in [0.29, 0.717) is 5.88 Å². The second kappa shape index (κ2) is 6.48. The predicted octanol–water partition coefficient (Wildman–Crippen LogP) is 3.99. The molecule has 0 atom stereocenters. The molecule has 0 radical (unpaired) electrons. The Morgan fingerprint density at radius 3 is 2.33 bits per heavy atom. The van der Waals surface area contributed by atoms with Crippen molar-refractivity contribution in [1.29, 1.82) is 0 Å². The molecule has 1 aliphatic rings. The third kappa shape index (κ3) is 3.21. The Morgan fingerprint density at radius 2 is 1.76 bits per heavy atom. The zero-order valence-corrected chi connectivity index (χ0v) is 13.2. The van der Waals surface area contributed by atoms with Gasteiger partial charge in [0.15, 0.2) is 0 Å². The minimum absolute atomic E-state index is 0.552. The number of fused-ring (bicyclic) bond motifs is 1. The largest absolute Gasteiger partial charge is 0.356 e. The van der Waals surface area contributed by atoms with Crippen LogP contribution >= 0.6 is 11.6 Å². The number of pyridine rings is 1. The number of hydrogen-bond donors (Lipinski definition) is 0. The third-order valence-corrected chi connectivity index (χ3v) is 4.49. The number of rotatable bonds is 3. The first kappa shape index (κ1) is 14.4. The molecule has 0 saturated carbocycles. The summed E-state index contributed by atoms with van der Waals surface area (Å²) < 4.78 is 0. The minimum Gasteiger partial charge on any atom is -0.356 e. The lowest BCUT2D eigenvalue weighted by atomic mass is 10.0. The molecule has 0 unspecified atom stereocenters. The van der Waals surface area contributed by atoms with Crippen LogP contribution < -0.4 is 4.90 Å². The van der Waals surface area contributed by atoms with Crippen LogP contribution in [-0.2, 0) is 25.1 Å². The highest BCUT2D eigenvalue weighted by atomic mass is 35.5. The number of alkyl halides is 1. The molecule has 0 saturated heterocycles. The van der Waals surface area contributed by atoms with Crippen LogP contribution in [0.1, 0.15) is 29.3 Å². The minimum atomic E-state index is 0.552. The number of nitrogens with zero attached hydrogens (tertiary/aromatic N) is 2. The maximum atomic E-state index is 6.03. The summed E-state index contributed by atoms with van der Waals surface area (Å²) in [7, 11) is 0. The van der Waals surface area contributed by atoms with Crippen LogP contribution in [0.25, 0.3) is 0 Å². The van der Waals surface area contributed by atoms with E-state index in [0.717, 1.165) is 43.9 Å². The van der Waals surface area contributed by atoms with E-state index in [1.165, 1.54) is 16.7 Å². The molecule has 1 aliphatic heterocycles. The molecule has 0 amide bonds. The summed E-state index contributed by atoms with van der Waals surface area (Å²) in [6, 6.07) is 13.0. The fraction of sp³-hybridized carbons (Fsp3) is 0.389. The molecule has 0 spiro atoms. The Labute approximate surface area is 131 Å². The van der Waals surface area contributed by atoms with Crippen molar-refractivity contribution >= 4 is 17.4 Å². The van der Waals surface area contributed by atoms with Gasteiger partial charge in [-0.15, -0.1) is 11.6 Å². The predicted molar refractivity (Wildman–Crippen MR) is 89.2 cm³/mol. The third-order valence-electron chi connectivity index (χ3n) is 4.19. The standard InChI is InChI=1S/C18H21ClN2/c1-2-17-11-14(13-19)12-18(20-17)21-9-7-15-5-3-4-6-16(15)8-10-21/h3-6,11-12H,2,7-10,13H2,1H3. The van der Waals surface area contributed by atoms with Gasteiger partial charge in [0.05, 0.1) is 0 Å². The summed E-state index contributed by atoms with van der Waals surface area (Å²) in [4.78, 5) is 7.19. The average molecular weight is 301 g/mol. The molecule has 3 rings (SSSR count). The van der Waals surface area contributed by atoms with Gasteiger partial charge in [0.1, 0.15) is 5.82 Å². The van der Waals surface area contributed by atoms with Crippen LogP contribution in [0.4, 0.5) is 5.82 Å². The molecule has 0 fully saturated rings. The van der Waals surface area contributed by atoms with Crippen LogP contribution in [-0.4, -0.2) is 18.1 Å². The van der Waals surface area contributed by atoms with E-state index >= 15 is 0 Å². The van der Waals surface area contributed by atoms with E-state index < -0.39 is 0 Å². The van der Waals surface area contributed by atoms with Crippen molar-refractivity contribution in [2.75, 3.05) is 18.0 Å². The van der Waals surface area contributed by atoms with Crippen molar-refractivity contribution in [3.05, 3.63) is 58.8 Å². The smallest absolute Gasteiger partial charge is 0.129 e. The number of benzene rings is 1. The molecule has 2 heterocycles. The number of anilines is 1. The van der Waals surface area contributed by atoms with E-state index in [1.807, 2.05) is 0 Å². The summed E-state index contributed by atoms with van der Waals surface area (Å²) in [5.41, 5.74) is 5.25. The Bertz CT molecular complexity index is 575. The Morgan fingerprint density at radius 1 is 1.10 bits per heavy atom. The van der Waals surface area contributed by atoms with Gasteiger partial charge in [0.25, 0.3) is 0 Å². The molecule has 21 heavy (non-hydrogen) atoms. The lowest BCUT2D eigenvalue weighted by Crippen LogP contribution is -2.27. The van der Waals surface area contributed by atoms with E-state index in [4.69, 9.17) is 16.6 Å². The van der Waals surface area contributed by atoms with Gasteiger partial charge in [-0.2, -0.15) is 0 Å². The SMILES string of the molecule is CCc1cc(CCl)cc(N2CCc3ccccc3CC2)n1. The Kier molecular flexibility index (Phi) is 4.45. The molecule has 1 aromatic carbocycles. The summed E-state index contributed by atoms with van der Waals surface area (Å²) >= 11 is 6.03. The van der Waals surface area contributed by atoms with E-state index in [2.05, 4.69) is 48.2 Å². The second-order valence-corrected chi connectivity index (χ2v) is 5.84. The molecule has 2 nitrogen and oxygen atoms in total. The van der Waals surface area contributed by atoms with Crippen molar-refractivity contribution in [3.8, 4) is 0 Å². The zero-order valence-electron chi connectivity index (χ0n) is 12.5. The summed E-state index contributed by atoms with van der Waals surface area (Å²) in [5.74, 6) is 1.63. The molecule has 0 aliphatic carbocycles. The van der Waals surface area contributed by atoms with Gasteiger partial charge in [0.2, 0.25) is 0 Å². The fourth-order valence-electron chi connectivity index (χ4n) is 2.95. The molecular weight excluding hydrogens is 280 g/mol. The van der Waals surface area contributed by atoms with Crippen molar-refractivity contribution in [3.63, 3.8) is 0 Å². The first-order valence-electron chi connectivity index (χ1n) is 7.67. The molecule has 1 aromatic heterocycles. The highest BCUT2D eigenvalue weighted by Crippen LogP contribution is 2.22. The van der Waals surface area contributed by atoms with Crippen LogP contribution in [0.2, 0.25) is 0 Å². The van der Waals surface area contributed by atoms with Crippen molar-refractivity contribution < 1.29 is 0 Å². The lowest BCUT2D eigenvalue weighted by molar-refractivity contribution is 0.784. The first-order chi connectivity index (χ1) is 10.3. The van der Waals surface area contributed by atoms with E-state index in [-0.39, 0.29) is 0 Å². The Hall–Kier alpha value is -1.54. The van der Waals surface area contributed by atoms with E-state index in [9.17, 15) is 0 Å².